The fraction of sp³-hybridized carbons (Fsp3) is 0.188. The number of rotatable bonds is 10. The Morgan fingerprint density at radius 1 is 0.694 bits per heavy atom. The molecule has 182 valence electrons. The number of amides is 2. The largest absolute Gasteiger partial charge is 0.330 e. The predicted octanol–water partition coefficient (Wildman–Crippen LogP) is 6.31. The number of hydrogen-bond donors (Lipinski definition) is 1. The van der Waals surface area contributed by atoms with Crippen molar-refractivity contribution in [3.8, 4) is 0 Å². The average Bonchev–Trinajstić information content (AvgIpc) is 2.93. The van der Waals surface area contributed by atoms with Gasteiger partial charge in [-0.1, -0.05) is 109 Å². The molecule has 0 radical (unpaired) electrons. The summed E-state index contributed by atoms with van der Waals surface area (Å²) in [6.07, 6.45) is 1.22. The molecule has 4 aromatic rings. The molecule has 0 aliphatic rings. The lowest BCUT2D eigenvalue weighted by Crippen LogP contribution is -2.49. The molecule has 4 rings (SSSR count). The third-order valence-corrected chi connectivity index (χ3v) is 6.41. The quantitative estimate of drug-likeness (QED) is 0.292. The van der Waals surface area contributed by atoms with E-state index in [0.29, 0.717) is 19.4 Å². The van der Waals surface area contributed by atoms with Crippen LogP contribution >= 0.6 is 0 Å². The number of nitrogens with one attached hydrogen (secondary N) is 1. The fourth-order valence-electron chi connectivity index (χ4n) is 4.59. The molecule has 36 heavy (non-hydrogen) atoms. The van der Waals surface area contributed by atoms with E-state index < -0.39 is 12.0 Å². The van der Waals surface area contributed by atoms with Crippen LogP contribution in [0.1, 0.15) is 36.0 Å². The second-order valence-electron chi connectivity index (χ2n) is 8.77. The zero-order valence-corrected chi connectivity index (χ0v) is 20.6. The Balaban J connectivity index is 1.67. The van der Waals surface area contributed by atoms with Crippen molar-refractivity contribution in [1.82, 2.24) is 4.90 Å². The van der Waals surface area contributed by atoms with Crippen LogP contribution in [0.4, 0.5) is 5.69 Å². The molecule has 4 nitrogen and oxygen atoms in total. The highest BCUT2D eigenvalue weighted by atomic mass is 16.2. The van der Waals surface area contributed by atoms with Gasteiger partial charge >= 0.3 is 0 Å². The average molecular weight is 477 g/mol. The standard InChI is InChI=1S/C32H32N2O2/c1-2-34(32(36)30(26-17-9-4-10-18-26)27-19-11-5-12-20-27)29(24-23-25-15-7-3-8-16-25)31(35)33-28-21-13-6-14-22-28/h3-22,29-30H,2,23-24H2,1H3,(H,33,35). The number of nitrogens with zero attached hydrogens (tertiary/aromatic N) is 1. The number of hydrogen-bond acceptors (Lipinski definition) is 2. The third-order valence-electron chi connectivity index (χ3n) is 6.41. The topological polar surface area (TPSA) is 49.4 Å². The summed E-state index contributed by atoms with van der Waals surface area (Å²) in [4.78, 5) is 29.6. The monoisotopic (exact) mass is 476 g/mol. The van der Waals surface area contributed by atoms with Gasteiger partial charge in [0.1, 0.15) is 6.04 Å². The third kappa shape index (κ3) is 6.28. The lowest BCUT2D eigenvalue weighted by molar-refractivity contribution is -0.139. The first-order valence-electron chi connectivity index (χ1n) is 12.5. The van der Waals surface area contributed by atoms with Gasteiger partial charge in [0.15, 0.2) is 0 Å². The molecule has 1 unspecified atom stereocenters. The molecule has 0 saturated heterocycles. The Morgan fingerprint density at radius 2 is 1.17 bits per heavy atom. The number of likely N-dealkylation sites (N-methyl/N-ethyl adjacent to an activating group) is 1. The molecular weight excluding hydrogens is 444 g/mol. The summed E-state index contributed by atoms with van der Waals surface area (Å²) < 4.78 is 0. The van der Waals surface area contributed by atoms with Crippen molar-refractivity contribution < 1.29 is 9.59 Å². The van der Waals surface area contributed by atoms with Crippen LogP contribution in [0.25, 0.3) is 0 Å². The Labute approximate surface area is 213 Å². The molecule has 0 bridgehead atoms. The fourth-order valence-corrected chi connectivity index (χ4v) is 4.59. The Morgan fingerprint density at radius 3 is 1.67 bits per heavy atom. The first-order valence-corrected chi connectivity index (χ1v) is 12.5. The van der Waals surface area contributed by atoms with E-state index in [4.69, 9.17) is 0 Å². The van der Waals surface area contributed by atoms with Gasteiger partial charge < -0.3 is 10.2 Å². The summed E-state index contributed by atoms with van der Waals surface area (Å²) in [5, 5.41) is 3.03. The number of benzene rings is 4. The van der Waals surface area contributed by atoms with Crippen molar-refractivity contribution in [2.45, 2.75) is 31.7 Å². The van der Waals surface area contributed by atoms with Gasteiger partial charge in [0.2, 0.25) is 11.8 Å². The highest BCUT2D eigenvalue weighted by molar-refractivity contribution is 5.98. The van der Waals surface area contributed by atoms with Crippen molar-refractivity contribution in [3.05, 3.63) is 138 Å². The highest BCUT2D eigenvalue weighted by Crippen LogP contribution is 2.28. The summed E-state index contributed by atoms with van der Waals surface area (Å²) in [5.74, 6) is -0.737. The minimum Gasteiger partial charge on any atom is -0.330 e. The maximum Gasteiger partial charge on any atom is 0.247 e. The van der Waals surface area contributed by atoms with Crippen molar-refractivity contribution in [2.75, 3.05) is 11.9 Å². The summed E-state index contributed by atoms with van der Waals surface area (Å²) in [7, 11) is 0. The second kappa shape index (κ2) is 12.5. The van der Waals surface area contributed by atoms with Gasteiger partial charge in [-0.25, -0.2) is 0 Å². The van der Waals surface area contributed by atoms with E-state index >= 15 is 0 Å². The molecule has 4 aromatic carbocycles. The number of carbonyl (C=O) groups is 2. The summed E-state index contributed by atoms with van der Waals surface area (Å²) in [5.41, 5.74) is 3.69. The summed E-state index contributed by atoms with van der Waals surface area (Å²) >= 11 is 0. The molecular formula is C32H32N2O2. The Kier molecular flexibility index (Phi) is 8.66. The van der Waals surface area contributed by atoms with E-state index in [1.807, 2.05) is 116 Å². The van der Waals surface area contributed by atoms with Crippen LogP contribution in [0.2, 0.25) is 0 Å². The minimum absolute atomic E-state index is 0.0730. The number of anilines is 1. The first kappa shape index (κ1) is 24.9. The smallest absolute Gasteiger partial charge is 0.247 e. The molecule has 0 heterocycles. The summed E-state index contributed by atoms with van der Waals surface area (Å²) in [6.45, 7) is 2.37. The second-order valence-corrected chi connectivity index (χ2v) is 8.77. The van der Waals surface area contributed by atoms with E-state index in [-0.39, 0.29) is 11.8 Å². The Hall–Kier alpha value is -4.18. The molecule has 0 saturated carbocycles. The number of carbonyl (C=O) groups excluding carboxylic acids is 2. The van der Waals surface area contributed by atoms with Crippen molar-refractivity contribution in [1.29, 1.82) is 0 Å². The van der Waals surface area contributed by atoms with E-state index in [1.165, 1.54) is 0 Å². The van der Waals surface area contributed by atoms with Crippen LogP contribution < -0.4 is 5.32 Å². The van der Waals surface area contributed by atoms with E-state index in [0.717, 1.165) is 22.4 Å². The van der Waals surface area contributed by atoms with Gasteiger partial charge in [-0.2, -0.15) is 0 Å². The normalized spacial score (nSPS) is 11.6. The maximum atomic E-state index is 14.2. The Bertz CT molecular complexity index is 1190. The lowest BCUT2D eigenvalue weighted by atomic mass is 9.89. The van der Waals surface area contributed by atoms with Crippen LogP contribution in [0.15, 0.2) is 121 Å². The minimum atomic E-state index is -0.613. The van der Waals surface area contributed by atoms with Crippen LogP contribution in [0.5, 0.6) is 0 Å². The molecule has 0 aromatic heterocycles. The molecule has 4 heteroatoms. The van der Waals surface area contributed by atoms with Gasteiger partial charge in [-0.3, -0.25) is 9.59 Å². The van der Waals surface area contributed by atoms with Crippen molar-refractivity contribution in [3.63, 3.8) is 0 Å². The van der Waals surface area contributed by atoms with Gasteiger partial charge in [-0.05, 0) is 48.6 Å². The van der Waals surface area contributed by atoms with Crippen LogP contribution in [-0.4, -0.2) is 29.3 Å². The molecule has 0 aliphatic carbocycles. The number of para-hydroxylation sites is 1. The van der Waals surface area contributed by atoms with Crippen molar-refractivity contribution in [2.24, 2.45) is 0 Å². The SMILES string of the molecule is CCN(C(=O)C(c1ccccc1)c1ccccc1)C(CCc1ccccc1)C(=O)Nc1ccccc1. The van der Waals surface area contributed by atoms with Gasteiger partial charge in [-0.15, -0.1) is 0 Å². The lowest BCUT2D eigenvalue weighted by Gasteiger charge is -2.33. The summed E-state index contributed by atoms with van der Waals surface area (Å²) in [6, 6.07) is 38.5. The van der Waals surface area contributed by atoms with E-state index in [1.54, 1.807) is 4.90 Å². The zero-order valence-electron chi connectivity index (χ0n) is 20.6. The van der Waals surface area contributed by atoms with Gasteiger partial charge in [0.25, 0.3) is 0 Å². The zero-order chi connectivity index (χ0) is 25.2. The van der Waals surface area contributed by atoms with Crippen LogP contribution in [-0.2, 0) is 16.0 Å². The highest BCUT2D eigenvalue weighted by Gasteiger charge is 2.34. The van der Waals surface area contributed by atoms with Gasteiger partial charge in [0, 0.05) is 12.2 Å². The molecule has 0 aliphatic heterocycles. The molecule has 1 N–H and O–H groups in total. The van der Waals surface area contributed by atoms with E-state index in [2.05, 4.69) is 17.4 Å². The van der Waals surface area contributed by atoms with Crippen LogP contribution in [0, 0.1) is 0 Å². The van der Waals surface area contributed by atoms with Crippen LogP contribution in [0.3, 0.4) is 0 Å². The molecule has 0 spiro atoms. The van der Waals surface area contributed by atoms with Gasteiger partial charge in [0.05, 0.1) is 5.92 Å². The van der Waals surface area contributed by atoms with Crippen molar-refractivity contribution >= 4 is 17.5 Å². The molecule has 1 atom stereocenters. The predicted molar refractivity (Wildman–Crippen MR) is 146 cm³/mol. The molecule has 0 fully saturated rings. The maximum absolute atomic E-state index is 14.2. The molecule has 2 amide bonds. The number of aryl methyl sites for hydroxylation is 1. The first-order chi connectivity index (χ1) is 17.7. The van der Waals surface area contributed by atoms with E-state index in [9.17, 15) is 9.59 Å².